The minimum atomic E-state index is -4.38. The maximum Gasteiger partial charge on any atom is 0.416 e. The number of likely N-dealkylation sites (N-methyl/N-ethyl adjacent to an activating group) is 1. The van der Waals surface area contributed by atoms with E-state index < -0.39 is 11.7 Å². The lowest BCUT2D eigenvalue weighted by Gasteiger charge is -2.38. The highest BCUT2D eigenvalue weighted by Gasteiger charge is 2.30. The standard InChI is InChI=1S/C19H23ClN2.C8H5F3O/c1-15-3-5-16(6-4-15)19(17-7-9-18(20)10-8-17)22-13-11-21(2)12-14-22;9-8(10,11)7-3-1-2-6(4-7)5-12/h3-10,19H,11-14H2,1-2H3;1-5H. The highest BCUT2D eigenvalue weighted by atomic mass is 35.5. The molecule has 0 spiro atoms. The monoisotopic (exact) mass is 488 g/mol. The number of hydrogen-bond donors (Lipinski definition) is 0. The van der Waals surface area contributed by atoms with Crippen LogP contribution in [0.4, 0.5) is 13.2 Å². The molecule has 0 bridgehead atoms. The van der Waals surface area contributed by atoms with Crippen LogP contribution in [0.15, 0.2) is 72.8 Å². The summed E-state index contributed by atoms with van der Waals surface area (Å²) < 4.78 is 36.0. The van der Waals surface area contributed by atoms with Crippen LogP contribution in [0, 0.1) is 6.92 Å². The zero-order valence-corrected chi connectivity index (χ0v) is 20.0. The van der Waals surface area contributed by atoms with Crippen molar-refractivity contribution in [3.05, 3.63) is 106 Å². The first-order valence-electron chi connectivity index (χ1n) is 11.0. The zero-order valence-electron chi connectivity index (χ0n) is 19.2. The van der Waals surface area contributed by atoms with Crippen LogP contribution in [-0.2, 0) is 6.18 Å². The van der Waals surface area contributed by atoms with Crippen molar-refractivity contribution in [2.45, 2.75) is 19.1 Å². The van der Waals surface area contributed by atoms with E-state index in [0.717, 1.165) is 43.3 Å². The average Bonchev–Trinajstić information content (AvgIpc) is 2.83. The van der Waals surface area contributed by atoms with Crippen molar-refractivity contribution in [3.63, 3.8) is 0 Å². The molecule has 4 rings (SSSR count). The van der Waals surface area contributed by atoms with Gasteiger partial charge in [-0.2, -0.15) is 13.2 Å². The topological polar surface area (TPSA) is 23.6 Å². The number of aryl methyl sites for hydroxylation is 1. The van der Waals surface area contributed by atoms with E-state index >= 15 is 0 Å². The molecule has 0 saturated carbocycles. The summed E-state index contributed by atoms with van der Waals surface area (Å²) in [4.78, 5) is 15.1. The number of halogens is 4. The molecule has 3 aromatic rings. The molecule has 0 aliphatic carbocycles. The van der Waals surface area contributed by atoms with E-state index in [4.69, 9.17) is 11.6 Å². The number of benzene rings is 3. The maximum absolute atomic E-state index is 12.0. The molecule has 1 fully saturated rings. The van der Waals surface area contributed by atoms with Gasteiger partial charge >= 0.3 is 6.18 Å². The van der Waals surface area contributed by atoms with Crippen LogP contribution in [0.25, 0.3) is 0 Å². The van der Waals surface area contributed by atoms with Crippen LogP contribution in [0.5, 0.6) is 0 Å². The average molecular weight is 489 g/mol. The molecule has 3 nitrogen and oxygen atoms in total. The zero-order chi connectivity index (χ0) is 24.7. The van der Waals surface area contributed by atoms with Gasteiger partial charge in [0.15, 0.2) is 0 Å². The Morgan fingerprint density at radius 2 is 1.44 bits per heavy atom. The molecular formula is C27H28ClF3N2O. The second-order valence-corrected chi connectivity index (χ2v) is 8.88. The van der Waals surface area contributed by atoms with Gasteiger partial charge < -0.3 is 4.90 Å². The van der Waals surface area contributed by atoms with Gasteiger partial charge in [-0.3, -0.25) is 9.69 Å². The molecule has 1 saturated heterocycles. The minimum Gasteiger partial charge on any atom is -0.304 e. The maximum atomic E-state index is 12.0. The predicted octanol–water partition coefficient (Wildman–Crippen LogP) is 6.50. The van der Waals surface area contributed by atoms with E-state index in [0.29, 0.717) is 12.3 Å². The van der Waals surface area contributed by atoms with Crippen molar-refractivity contribution in [2.75, 3.05) is 33.2 Å². The molecule has 0 radical (unpaired) electrons. The molecule has 1 aliphatic heterocycles. The fourth-order valence-electron chi connectivity index (χ4n) is 3.88. The van der Waals surface area contributed by atoms with Gasteiger partial charge in [0.05, 0.1) is 11.6 Å². The Morgan fingerprint density at radius 1 is 0.882 bits per heavy atom. The summed E-state index contributed by atoms with van der Waals surface area (Å²) in [5.41, 5.74) is 3.21. The summed E-state index contributed by atoms with van der Waals surface area (Å²) in [5.74, 6) is 0. The number of rotatable bonds is 4. The minimum absolute atomic E-state index is 0.0322. The molecule has 1 unspecified atom stereocenters. The first-order chi connectivity index (χ1) is 16.2. The van der Waals surface area contributed by atoms with Crippen molar-refractivity contribution >= 4 is 17.9 Å². The summed E-state index contributed by atoms with van der Waals surface area (Å²) in [6.45, 7) is 6.57. The lowest BCUT2D eigenvalue weighted by Crippen LogP contribution is -2.46. The molecule has 0 amide bonds. The number of nitrogens with zero attached hydrogens (tertiary/aromatic N) is 2. The molecule has 34 heavy (non-hydrogen) atoms. The number of hydrogen-bond acceptors (Lipinski definition) is 3. The van der Waals surface area contributed by atoms with Crippen molar-refractivity contribution in [2.24, 2.45) is 0 Å². The van der Waals surface area contributed by atoms with Gasteiger partial charge in [0.1, 0.15) is 6.29 Å². The summed E-state index contributed by atoms with van der Waals surface area (Å²) >= 11 is 6.07. The fraction of sp³-hybridized carbons (Fsp3) is 0.296. The third-order valence-electron chi connectivity index (χ3n) is 5.83. The van der Waals surface area contributed by atoms with Gasteiger partial charge in [0, 0.05) is 36.8 Å². The highest BCUT2D eigenvalue weighted by molar-refractivity contribution is 6.30. The number of carbonyl (C=O) groups is 1. The first kappa shape index (κ1) is 25.9. The normalized spacial score (nSPS) is 15.8. The van der Waals surface area contributed by atoms with Gasteiger partial charge in [-0.1, -0.05) is 65.7 Å². The number of piperazine rings is 1. The predicted molar refractivity (Wildman–Crippen MR) is 130 cm³/mol. The third-order valence-corrected chi connectivity index (χ3v) is 6.08. The van der Waals surface area contributed by atoms with Gasteiger partial charge in [-0.25, -0.2) is 0 Å². The van der Waals surface area contributed by atoms with Gasteiger partial charge in [0.25, 0.3) is 0 Å². The lowest BCUT2D eigenvalue weighted by atomic mass is 9.95. The van der Waals surface area contributed by atoms with E-state index in [2.05, 4.69) is 60.2 Å². The lowest BCUT2D eigenvalue weighted by molar-refractivity contribution is -0.137. The van der Waals surface area contributed by atoms with Crippen molar-refractivity contribution in [1.29, 1.82) is 0 Å². The fourth-order valence-corrected chi connectivity index (χ4v) is 4.00. The number of alkyl halides is 3. The van der Waals surface area contributed by atoms with Crippen molar-refractivity contribution in [3.8, 4) is 0 Å². The molecule has 1 atom stereocenters. The SMILES string of the molecule is Cc1ccc(C(c2ccc(Cl)cc2)N2CCN(C)CC2)cc1.O=Cc1cccc(C(F)(F)F)c1. The van der Waals surface area contributed by atoms with Gasteiger partial charge in [0.2, 0.25) is 0 Å². The molecule has 180 valence electrons. The second kappa shape index (κ2) is 11.6. The highest BCUT2D eigenvalue weighted by Crippen LogP contribution is 2.31. The van der Waals surface area contributed by atoms with Gasteiger partial charge in [-0.15, -0.1) is 0 Å². The van der Waals surface area contributed by atoms with Crippen LogP contribution >= 0.6 is 11.6 Å². The summed E-state index contributed by atoms with van der Waals surface area (Å²) in [6, 6.07) is 21.8. The summed E-state index contributed by atoms with van der Waals surface area (Å²) in [6.07, 6.45) is -3.99. The quantitative estimate of drug-likeness (QED) is 0.391. The number of aldehydes is 1. The van der Waals surface area contributed by atoms with Crippen LogP contribution < -0.4 is 0 Å². The molecule has 7 heteroatoms. The van der Waals surface area contributed by atoms with Crippen LogP contribution in [0.1, 0.15) is 38.7 Å². The van der Waals surface area contributed by atoms with Crippen molar-refractivity contribution in [1.82, 2.24) is 9.80 Å². The van der Waals surface area contributed by atoms with E-state index in [1.807, 2.05) is 12.1 Å². The molecule has 0 N–H and O–H groups in total. The Morgan fingerprint density at radius 3 is 1.97 bits per heavy atom. The third kappa shape index (κ3) is 7.16. The van der Waals surface area contributed by atoms with Crippen LogP contribution in [0.3, 0.4) is 0 Å². The Balaban J connectivity index is 0.000000229. The largest absolute Gasteiger partial charge is 0.416 e. The summed E-state index contributed by atoms with van der Waals surface area (Å²) in [7, 11) is 2.19. The molecule has 1 aliphatic rings. The second-order valence-electron chi connectivity index (χ2n) is 8.45. The van der Waals surface area contributed by atoms with E-state index in [-0.39, 0.29) is 5.56 Å². The van der Waals surface area contributed by atoms with E-state index in [1.54, 1.807) is 0 Å². The molecule has 3 aromatic carbocycles. The Hall–Kier alpha value is -2.67. The molecule has 0 aromatic heterocycles. The van der Waals surface area contributed by atoms with Gasteiger partial charge in [-0.05, 0) is 49.4 Å². The number of carbonyl (C=O) groups excluding carboxylic acids is 1. The van der Waals surface area contributed by atoms with Crippen LogP contribution in [0.2, 0.25) is 5.02 Å². The van der Waals surface area contributed by atoms with E-state index in [1.165, 1.54) is 28.8 Å². The van der Waals surface area contributed by atoms with E-state index in [9.17, 15) is 18.0 Å². The molecule has 1 heterocycles. The Kier molecular flexibility index (Phi) is 8.89. The van der Waals surface area contributed by atoms with Crippen LogP contribution in [-0.4, -0.2) is 49.3 Å². The van der Waals surface area contributed by atoms with Crippen molar-refractivity contribution < 1.29 is 18.0 Å². The summed E-state index contributed by atoms with van der Waals surface area (Å²) in [5, 5.41) is 0.796. The Labute approximate surface area is 203 Å². The smallest absolute Gasteiger partial charge is 0.304 e. The Bertz CT molecular complexity index is 1010. The first-order valence-corrected chi connectivity index (χ1v) is 11.4. The molecular weight excluding hydrogens is 461 g/mol.